The van der Waals surface area contributed by atoms with Crippen LogP contribution in [0.2, 0.25) is 0 Å². The molecule has 1 aromatic heterocycles. The Bertz CT molecular complexity index is 269. The number of pyridine rings is 1. The lowest BCUT2D eigenvalue weighted by Gasteiger charge is -2.03. The normalized spacial score (nSPS) is 9.73. The number of aromatic nitrogens is 1. The van der Waals surface area contributed by atoms with Crippen molar-refractivity contribution < 1.29 is 10.0 Å². The van der Waals surface area contributed by atoms with Crippen molar-refractivity contribution in [3.05, 3.63) is 16.7 Å². The van der Waals surface area contributed by atoms with Gasteiger partial charge in [0.1, 0.15) is 5.82 Å². The summed E-state index contributed by atoms with van der Waals surface area (Å²) in [7, 11) is -1.52. The molecule has 1 heterocycles. The summed E-state index contributed by atoms with van der Waals surface area (Å²) in [6.45, 7) is 0. The van der Waals surface area contributed by atoms with Crippen LogP contribution in [0.1, 0.15) is 0 Å². The molecule has 0 radical (unpaired) electrons. The van der Waals surface area contributed by atoms with E-state index < -0.39 is 7.12 Å². The molecule has 58 valence electrons. The first-order valence-corrected chi connectivity index (χ1v) is 3.68. The van der Waals surface area contributed by atoms with Gasteiger partial charge in [0, 0.05) is 11.7 Å². The number of rotatable bonds is 1. The van der Waals surface area contributed by atoms with E-state index in [0.717, 1.165) is 0 Å². The Morgan fingerprint density at radius 2 is 2.18 bits per heavy atom. The fraction of sp³-hybridized carbons (Fsp3) is 0. The molecule has 0 amide bonds. The SMILES string of the molecule is Nc1nccc(B(O)O)c1Br. The number of anilines is 1. The van der Waals surface area contributed by atoms with Crippen LogP contribution >= 0.6 is 15.9 Å². The molecule has 0 bridgehead atoms. The molecule has 0 aliphatic carbocycles. The van der Waals surface area contributed by atoms with Crippen LogP contribution in [0, 0.1) is 0 Å². The van der Waals surface area contributed by atoms with Crippen molar-refractivity contribution in [2.75, 3.05) is 5.73 Å². The van der Waals surface area contributed by atoms with Crippen LogP contribution < -0.4 is 11.2 Å². The number of hydrogen-bond donors (Lipinski definition) is 3. The van der Waals surface area contributed by atoms with Gasteiger partial charge in [0.2, 0.25) is 0 Å². The van der Waals surface area contributed by atoms with E-state index >= 15 is 0 Å². The fourth-order valence-corrected chi connectivity index (χ4v) is 1.11. The highest BCUT2D eigenvalue weighted by molar-refractivity contribution is 9.10. The maximum atomic E-state index is 8.77. The smallest absolute Gasteiger partial charge is 0.423 e. The van der Waals surface area contributed by atoms with Crippen LogP contribution in [-0.2, 0) is 0 Å². The minimum absolute atomic E-state index is 0.246. The molecule has 0 saturated carbocycles. The van der Waals surface area contributed by atoms with Crippen molar-refractivity contribution in [1.29, 1.82) is 0 Å². The summed E-state index contributed by atoms with van der Waals surface area (Å²) in [5, 5.41) is 17.5. The number of halogens is 1. The third kappa shape index (κ3) is 1.71. The standard InChI is InChI=1S/C5H6BBrN2O2/c7-4-3(6(10)11)1-2-9-5(4)8/h1-2,10-11H,(H2,8,9). The predicted molar refractivity (Wildman–Crippen MR) is 46.2 cm³/mol. The maximum Gasteiger partial charge on any atom is 0.489 e. The molecule has 0 aliphatic rings. The molecule has 0 fully saturated rings. The number of hydrogen-bond acceptors (Lipinski definition) is 4. The number of nitrogens with zero attached hydrogens (tertiary/aromatic N) is 1. The molecule has 1 rings (SSSR count). The van der Waals surface area contributed by atoms with Gasteiger partial charge in [-0.2, -0.15) is 0 Å². The van der Waals surface area contributed by atoms with E-state index in [1.165, 1.54) is 12.3 Å². The van der Waals surface area contributed by atoms with E-state index in [2.05, 4.69) is 20.9 Å². The third-order valence-corrected chi connectivity index (χ3v) is 2.09. The monoisotopic (exact) mass is 216 g/mol. The van der Waals surface area contributed by atoms with Gasteiger partial charge in [-0.25, -0.2) is 4.98 Å². The van der Waals surface area contributed by atoms with Crippen molar-refractivity contribution in [3.8, 4) is 0 Å². The van der Waals surface area contributed by atoms with Gasteiger partial charge in [0.05, 0.1) is 4.47 Å². The van der Waals surface area contributed by atoms with E-state index in [-0.39, 0.29) is 5.82 Å². The summed E-state index contributed by atoms with van der Waals surface area (Å²) in [5.74, 6) is 0.246. The summed E-state index contributed by atoms with van der Waals surface area (Å²) in [5.41, 5.74) is 5.70. The van der Waals surface area contributed by atoms with E-state index in [0.29, 0.717) is 9.94 Å². The van der Waals surface area contributed by atoms with Gasteiger partial charge in [-0.3, -0.25) is 0 Å². The van der Waals surface area contributed by atoms with Crippen molar-refractivity contribution in [1.82, 2.24) is 4.98 Å². The van der Waals surface area contributed by atoms with E-state index in [1.807, 2.05) is 0 Å². The van der Waals surface area contributed by atoms with E-state index in [4.69, 9.17) is 15.8 Å². The van der Waals surface area contributed by atoms with Gasteiger partial charge < -0.3 is 15.8 Å². The topological polar surface area (TPSA) is 79.4 Å². The Hall–Kier alpha value is -0.585. The lowest BCUT2D eigenvalue weighted by Crippen LogP contribution is -2.31. The molecule has 0 aromatic carbocycles. The first-order chi connectivity index (χ1) is 5.13. The molecule has 0 aliphatic heterocycles. The summed E-state index contributed by atoms with van der Waals surface area (Å²) in [4.78, 5) is 3.73. The molecular formula is C5H6BBrN2O2. The molecular weight excluding hydrogens is 211 g/mol. The second-order valence-electron chi connectivity index (χ2n) is 1.97. The minimum atomic E-state index is -1.52. The van der Waals surface area contributed by atoms with Crippen molar-refractivity contribution in [2.45, 2.75) is 0 Å². The third-order valence-electron chi connectivity index (χ3n) is 1.22. The van der Waals surface area contributed by atoms with E-state index in [9.17, 15) is 0 Å². The highest BCUT2D eigenvalue weighted by atomic mass is 79.9. The molecule has 4 N–H and O–H groups in total. The van der Waals surface area contributed by atoms with Gasteiger partial charge >= 0.3 is 7.12 Å². The van der Waals surface area contributed by atoms with Gasteiger partial charge in [0.25, 0.3) is 0 Å². The lowest BCUT2D eigenvalue weighted by molar-refractivity contribution is 0.425. The Labute approximate surface area is 72.3 Å². The Morgan fingerprint density at radius 1 is 1.55 bits per heavy atom. The number of nitrogens with two attached hydrogens (primary N) is 1. The highest BCUT2D eigenvalue weighted by Gasteiger charge is 2.15. The second-order valence-corrected chi connectivity index (χ2v) is 2.77. The van der Waals surface area contributed by atoms with Crippen LogP contribution in [0.4, 0.5) is 5.82 Å². The zero-order valence-electron chi connectivity index (χ0n) is 5.53. The number of nitrogen functional groups attached to an aromatic ring is 1. The predicted octanol–water partition coefficient (Wildman–Crippen LogP) is -0.894. The zero-order valence-corrected chi connectivity index (χ0v) is 7.12. The molecule has 0 atom stereocenters. The average Bonchev–Trinajstić information content (AvgIpc) is 1.94. The fourth-order valence-electron chi connectivity index (χ4n) is 0.675. The van der Waals surface area contributed by atoms with Crippen molar-refractivity contribution >= 4 is 34.3 Å². The van der Waals surface area contributed by atoms with Gasteiger partial charge in [-0.05, 0) is 22.0 Å². The van der Waals surface area contributed by atoms with Crippen LogP contribution in [0.3, 0.4) is 0 Å². The minimum Gasteiger partial charge on any atom is -0.423 e. The second kappa shape index (κ2) is 3.21. The van der Waals surface area contributed by atoms with Gasteiger partial charge in [0.15, 0.2) is 0 Å². The van der Waals surface area contributed by atoms with Crippen molar-refractivity contribution in [2.24, 2.45) is 0 Å². The summed E-state index contributed by atoms with van der Waals surface area (Å²) < 4.78 is 0.426. The van der Waals surface area contributed by atoms with E-state index in [1.54, 1.807) is 0 Å². The molecule has 4 nitrogen and oxygen atoms in total. The largest absolute Gasteiger partial charge is 0.489 e. The first-order valence-electron chi connectivity index (χ1n) is 2.89. The molecule has 11 heavy (non-hydrogen) atoms. The molecule has 0 spiro atoms. The van der Waals surface area contributed by atoms with Crippen LogP contribution in [-0.4, -0.2) is 22.2 Å². The Morgan fingerprint density at radius 3 is 2.64 bits per heavy atom. The molecule has 0 saturated heterocycles. The maximum absolute atomic E-state index is 8.77. The highest BCUT2D eigenvalue weighted by Crippen LogP contribution is 2.12. The van der Waals surface area contributed by atoms with Crippen LogP contribution in [0.15, 0.2) is 16.7 Å². The average molecular weight is 217 g/mol. The van der Waals surface area contributed by atoms with Gasteiger partial charge in [-0.15, -0.1) is 0 Å². The molecule has 6 heteroatoms. The Balaban J connectivity index is 3.17. The van der Waals surface area contributed by atoms with Crippen molar-refractivity contribution in [3.63, 3.8) is 0 Å². The van der Waals surface area contributed by atoms with Gasteiger partial charge in [-0.1, -0.05) is 0 Å². The summed E-state index contributed by atoms with van der Waals surface area (Å²) in [6, 6.07) is 1.48. The lowest BCUT2D eigenvalue weighted by atomic mass is 9.81. The Kier molecular flexibility index (Phi) is 2.48. The molecule has 0 unspecified atom stereocenters. The van der Waals surface area contributed by atoms with Crippen LogP contribution in [0.5, 0.6) is 0 Å². The summed E-state index contributed by atoms with van der Waals surface area (Å²) in [6.07, 6.45) is 1.41. The first kappa shape index (κ1) is 8.51. The quantitative estimate of drug-likeness (QED) is 0.532. The molecule has 1 aromatic rings. The zero-order chi connectivity index (χ0) is 8.43. The summed E-state index contributed by atoms with van der Waals surface area (Å²) >= 11 is 3.07. The van der Waals surface area contributed by atoms with Crippen LogP contribution in [0.25, 0.3) is 0 Å².